The lowest BCUT2D eigenvalue weighted by molar-refractivity contribution is -0.184. The number of ether oxygens (including phenoxy) is 2. The van der Waals surface area contributed by atoms with Crippen LogP contribution in [0.15, 0.2) is 48.5 Å². The van der Waals surface area contributed by atoms with Gasteiger partial charge in [-0.1, -0.05) is 24.6 Å². The first kappa shape index (κ1) is 22.4. The Kier molecular flexibility index (Phi) is 5.60. The fraction of sp³-hybridized carbons (Fsp3) is 0.346. The SMILES string of the molecule is CCc1ccc(Oc2ccc3cc(Cl)ccc3n2)cc1C1C(=O)C(C)(C)OC(C)(C)C1=O. The van der Waals surface area contributed by atoms with Gasteiger partial charge in [0.15, 0.2) is 11.6 Å². The molecular formula is C26H26ClNO4. The molecule has 0 bridgehead atoms. The maximum absolute atomic E-state index is 13.2. The summed E-state index contributed by atoms with van der Waals surface area (Å²) in [6.07, 6.45) is 0.684. The van der Waals surface area contributed by atoms with Gasteiger partial charge in [-0.2, -0.15) is 0 Å². The number of hydrogen-bond acceptors (Lipinski definition) is 5. The highest BCUT2D eigenvalue weighted by molar-refractivity contribution is 6.31. The van der Waals surface area contributed by atoms with Crippen LogP contribution in [0.1, 0.15) is 51.7 Å². The molecule has 0 amide bonds. The molecule has 2 heterocycles. The zero-order chi connectivity index (χ0) is 23.3. The number of rotatable bonds is 4. The molecule has 1 saturated heterocycles. The minimum Gasteiger partial charge on any atom is -0.439 e. The monoisotopic (exact) mass is 451 g/mol. The summed E-state index contributed by atoms with van der Waals surface area (Å²) in [5.74, 6) is -0.455. The molecule has 166 valence electrons. The first-order chi connectivity index (χ1) is 15.0. The molecule has 6 heteroatoms. The summed E-state index contributed by atoms with van der Waals surface area (Å²) >= 11 is 6.05. The van der Waals surface area contributed by atoms with E-state index in [0.717, 1.165) is 16.5 Å². The molecule has 1 aliphatic heterocycles. The first-order valence-electron chi connectivity index (χ1n) is 10.7. The van der Waals surface area contributed by atoms with Crippen molar-refractivity contribution in [2.75, 3.05) is 0 Å². The third-order valence-corrected chi connectivity index (χ3v) is 6.11. The Balaban J connectivity index is 1.74. The van der Waals surface area contributed by atoms with Crippen molar-refractivity contribution >= 4 is 34.1 Å². The van der Waals surface area contributed by atoms with Gasteiger partial charge in [-0.05, 0) is 81.6 Å². The van der Waals surface area contributed by atoms with Crippen LogP contribution in [0.25, 0.3) is 10.9 Å². The van der Waals surface area contributed by atoms with E-state index in [-0.39, 0.29) is 11.6 Å². The van der Waals surface area contributed by atoms with Crippen molar-refractivity contribution in [2.45, 2.75) is 58.2 Å². The van der Waals surface area contributed by atoms with Crippen LogP contribution in [0, 0.1) is 0 Å². The molecule has 3 aromatic rings. The molecule has 0 atom stereocenters. The highest BCUT2D eigenvalue weighted by Crippen LogP contribution is 2.41. The van der Waals surface area contributed by atoms with Crippen LogP contribution in [0.3, 0.4) is 0 Å². The number of carbonyl (C=O) groups is 2. The van der Waals surface area contributed by atoms with Gasteiger partial charge in [0.2, 0.25) is 5.88 Å². The minimum absolute atomic E-state index is 0.241. The van der Waals surface area contributed by atoms with E-state index in [9.17, 15) is 9.59 Å². The predicted molar refractivity (Wildman–Crippen MR) is 125 cm³/mol. The zero-order valence-electron chi connectivity index (χ0n) is 18.9. The standard InChI is InChI=1S/C26H26ClNO4/c1-6-15-7-10-18(31-21-12-8-16-13-17(27)9-11-20(16)28-21)14-19(15)22-23(29)25(2,3)32-26(4,5)24(22)30/h7-14,22H,6H2,1-5H3. The molecule has 0 radical (unpaired) electrons. The van der Waals surface area contributed by atoms with Crippen LogP contribution in [-0.4, -0.2) is 27.8 Å². The quantitative estimate of drug-likeness (QED) is 0.451. The maximum atomic E-state index is 13.2. The molecule has 0 saturated carbocycles. The number of pyridine rings is 1. The van der Waals surface area contributed by atoms with Crippen LogP contribution >= 0.6 is 11.6 Å². The Morgan fingerprint density at radius 3 is 2.31 bits per heavy atom. The maximum Gasteiger partial charge on any atom is 0.219 e. The number of nitrogens with zero attached hydrogens (tertiary/aromatic N) is 1. The summed E-state index contributed by atoms with van der Waals surface area (Å²) < 4.78 is 11.9. The number of ketones is 2. The van der Waals surface area contributed by atoms with Gasteiger partial charge in [0.1, 0.15) is 22.9 Å². The largest absolute Gasteiger partial charge is 0.439 e. The Morgan fingerprint density at radius 2 is 1.66 bits per heavy atom. The Bertz CT molecular complexity index is 1210. The number of Topliss-reactive ketones (excluding diaryl/α,β-unsaturated/α-hetero) is 2. The van der Waals surface area contributed by atoms with Gasteiger partial charge in [0.25, 0.3) is 0 Å². The topological polar surface area (TPSA) is 65.5 Å². The molecule has 4 rings (SSSR count). The lowest BCUT2D eigenvalue weighted by atomic mass is 9.73. The lowest BCUT2D eigenvalue weighted by Crippen LogP contribution is -2.58. The summed E-state index contributed by atoms with van der Waals surface area (Å²) in [6.45, 7) is 8.86. The van der Waals surface area contributed by atoms with E-state index >= 15 is 0 Å². The number of carbonyl (C=O) groups excluding carboxylic acids is 2. The molecule has 1 aliphatic rings. The van der Waals surface area contributed by atoms with Crippen molar-refractivity contribution in [3.05, 3.63) is 64.7 Å². The molecule has 32 heavy (non-hydrogen) atoms. The summed E-state index contributed by atoms with van der Waals surface area (Å²) in [6, 6.07) is 14.6. The van der Waals surface area contributed by atoms with Crippen LogP contribution in [0.4, 0.5) is 0 Å². The van der Waals surface area contributed by atoms with E-state index < -0.39 is 17.1 Å². The van der Waals surface area contributed by atoms with Crippen molar-refractivity contribution in [2.24, 2.45) is 0 Å². The van der Waals surface area contributed by atoms with Gasteiger partial charge in [-0.3, -0.25) is 9.59 Å². The van der Waals surface area contributed by atoms with Crippen LogP contribution < -0.4 is 4.74 Å². The lowest BCUT2D eigenvalue weighted by Gasteiger charge is -2.43. The molecule has 0 unspecified atom stereocenters. The highest BCUT2D eigenvalue weighted by atomic mass is 35.5. The van der Waals surface area contributed by atoms with Crippen molar-refractivity contribution < 1.29 is 19.1 Å². The summed E-state index contributed by atoms with van der Waals surface area (Å²) in [5.41, 5.74) is 0.224. The van der Waals surface area contributed by atoms with E-state index in [1.54, 1.807) is 45.9 Å². The first-order valence-corrected chi connectivity index (χ1v) is 11.1. The molecule has 0 aliphatic carbocycles. The molecule has 1 fully saturated rings. The second kappa shape index (κ2) is 7.98. The van der Waals surface area contributed by atoms with Crippen molar-refractivity contribution in [1.82, 2.24) is 4.98 Å². The fourth-order valence-electron chi connectivity index (χ4n) is 4.32. The Hall–Kier alpha value is -2.76. The van der Waals surface area contributed by atoms with Crippen molar-refractivity contribution in [1.29, 1.82) is 0 Å². The second-order valence-corrected chi connectivity index (χ2v) is 9.52. The summed E-state index contributed by atoms with van der Waals surface area (Å²) in [4.78, 5) is 31.0. The zero-order valence-corrected chi connectivity index (χ0v) is 19.6. The summed E-state index contributed by atoms with van der Waals surface area (Å²) in [7, 11) is 0. The number of benzene rings is 2. The van der Waals surface area contributed by atoms with Gasteiger partial charge in [-0.15, -0.1) is 0 Å². The molecule has 0 N–H and O–H groups in total. The molecule has 5 nitrogen and oxygen atoms in total. The van der Waals surface area contributed by atoms with E-state index in [1.807, 2.05) is 37.3 Å². The van der Waals surface area contributed by atoms with Gasteiger partial charge >= 0.3 is 0 Å². The molecule has 2 aromatic carbocycles. The number of aryl methyl sites for hydroxylation is 1. The van der Waals surface area contributed by atoms with Gasteiger partial charge < -0.3 is 9.47 Å². The Labute approximate surface area is 192 Å². The molecule has 0 spiro atoms. The third kappa shape index (κ3) is 4.03. The van der Waals surface area contributed by atoms with Crippen LogP contribution in [0.2, 0.25) is 5.02 Å². The van der Waals surface area contributed by atoms with Crippen molar-refractivity contribution in [3.8, 4) is 11.6 Å². The highest BCUT2D eigenvalue weighted by Gasteiger charge is 2.53. The number of fused-ring (bicyclic) bond motifs is 1. The number of aromatic nitrogens is 1. The van der Waals surface area contributed by atoms with Crippen LogP contribution in [-0.2, 0) is 20.7 Å². The third-order valence-electron chi connectivity index (χ3n) is 5.88. The van der Waals surface area contributed by atoms with Crippen LogP contribution in [0.5, 0.6) is 11.6 Å². The van der Waals surface area contributed by atoms with E-state index in [0.29, 0.717) is 28.6 Å². The molecular weight excluding hydrogens is 426 g/mol. The smallest absolute Gasteiger partial charge is 0.219 e. The summed E-state index contributed by atoms with van der Waals surface area (Å²) in [5, 5.41) is 1.55. The second-order valence-electron chi connectivity index (χ2n) is 9.09. The number of halogens is 1. The average molecular weight is 452 g/mol. The minimum atomic E-state index is -1.06. The predicted octanol–water partition coefficient (Wildman–Crippen LogP) is 6.05. The van der Waals surface area contributed by atoms with E-state index in [1.165, 1.54) is 0 Å². The fourth-order valence-corrected chi connectivity index (χ4v) is 4.50. The normalized spacial score (nSPS) is 18.2. The number of hydrogen-bond donors (Lipinski definition) is 0. The van der Waals surface area contributed by atoms with E-state index in [2.05, 4.69) is 4.98 Å². The van der Waals surface area contributed by atoms with E-state index in [4.69, 9.17) is 21.1 Å². The van der Waals surface area contributed by atoms with Gasteiger partial charge in [-0.25, -0.2) is 4.98 Å². The van der Waals surface area contributed by atoms with Gasteiger partial charge in [0.05, 0.1) is 5.52 Å². The van der Waals surface area contributed by atoms with Gasteiger partial charge in [0, 0.05) is 16.5 Å². The average Bonchev–Trinajstić information content (AvgIpc) is 2.72. The Morgan fingerprint density at radius 1 is 0.969 bits per heavy atom. The van der Waals surface area contributed by atoms with Crippen molar-refractivity contribution in [3.63, 3.8) is 0 Å². The molecule has 1 aromatic heterocycles.